The zero-order chi connectivity index (χ0) is 28.1. The average Bonchev–Trinajstić information content (AvgIpc) is 2.91. The maximum Gasteiger partial charge on any atom is 0.335 e. The molecule has 12 nitrogen and oxygen atoms in total. The molecule has 0 atom stereocenters. The molecule has 198 valence electrons. The largest absolute Gasteiger partial charge is 0.493 e. The first-order valence-electron chi connectivity index (χ1n) is 11.2. The van der Waals surface area contributed by atoms with E-state index in [0.717, 1.165) is 6.07 Å². The lowest BCUT2D eigenvalue weighted by molar-refractivity contribution is -0.384. The maximum absolute atomic E-state index is 13.7. The molecule has 0 bridgehead atoms. The number of halogens is 1. The van der Waals surface area contributed by atoms with Crippen LogP contribution in [0.4, 0.5) is 26.2 Å². The van der Waals surface area contributed by atoms with Crippen molar-refractivity contribution in [2.45, 2.75) is 0 Å². The number of hydrogen-bond donors (Lipinski definition) is 2. The Morgan fingerprint density at radius 2 is 1.85 bits per heavy atom. The summed E-state index contributed by atoms with van der Waals surface area (Å²) in [6.45, 7) is -0.466. The summed E-state index contributed by atoms with van der Waals surface area (Å²) < 4.78 is 24.5. The summed E-state index contributed by atoms with van der Waals surface area (Å²) in [6.07, 6.45) is 1.20. The average molecular weight is 534 g/mol. The molecule has 1 aliphatic heterocycles. The van der Waals surface area contributed by atoms with Gasteiger partial charge in [0.25, 0.3) is 23.4 Å². The number of nitro benzene ring substituents is 1. The van der Waals surface area contributed by atoms with E-state index in [1.54, 1.807) is 6.07 Å². The molecule has 0 aromatic heterocycles. The van der Waals surface area contributed by atoms with Crippen molar-refractivity contribution in [3.8, 4) is 11.5 Å². The summed E-state index contributed by atoms with van der Waals surface area (Å²) >= 11 is 0. The van der Waals surface area contributed by atoms with Crippen molar-refractivity contribution in [2.75, 3.05) is 23.9 Å². The number of carbonyl (C=O) groups is 4. The highest BCUT2D eigenvalue weighted by atomic mass is 19.1. The molecule has 0 aliphatic carbocycles. The van der Waals surface area contributed by atoms with Crippen LogP contribution in [-0.4, -0.2) is 42.4 Å². The summed E-state index contributed by atoms with van der Waals surface area (Å²) in [6, 6.07) is 13.7. The number of urea groups is 1. The van der Waals surface area contributed by atoms with Crippen LogP contribution in [0, 0.1) is 15.9 Å². The third-order valence-electron chi connectivity index (χ3n) is 5.41. The number of carbonyl (C=O) groups excluding carboxylic acids is 4. The fourth-order valence-electron chi connectivity index (χ4n) is 3.59. The van der Waals surface area contributed by atoms with E-state index in [2.05, 4.69) is 5.32 Å². The van der Waals surface area contributed by atoms with Crippen LogP contribution in [0.15, 0.2) is 72.3 Å². The normalized spacial score (nSPS) is 14.2. The number of barbiturate groups is 1. The smallest absolute Gasteiger partial charge is 0.335 e. The molecule has 0 radical (unpaired) electrons. The molecule has 1 aliphatic rings. The van der Waals surface area contributed by atoms with Crippen LogP contribution >= 0.6 is 0 Å². The lowest BCUT2D eigenvalue weighted by atomic mass is 10.1. The Hall–Kier alpha value is -5.59. The van der Waals surface area contributed by atoms with E-state index in [-0.39, 0.29) is 28.6 Å². The Morgan fingerprint density at radius 1 is 1.08 bits per heavy atom. The van der Waals surface area contributed by atoms with E-state index in [1.807, 2.05) is 5.32 Å². The Kier molecular flexibility index (Phi) is 7.61. The van der Waals surface area contributed by atoms with Gasteiger partial charge >= 0.3 is 6.03 Å². The lowest BCUT2D eigenvalue weighted by Gasteiger charge is -2.26. The Morgan fingerprint density at radius 3 is 2.56 bits per heavy atom. The number of amides is 5. The van der Waals surface area contributed by atoms with E-state index < -0.39 is 46.7 Å². The molecule has 39 heavy (non-hydrogen) atoms. The van der Waals surface area contributed by atoms with E-state index in [9.17, 15) is 33.7 Å². The molecule has 1 fully saturated rings. The molecular formula is C26H19FN4O8. The number of rotatable bonds is 8. The number of benzene rings is 3. The van der Waals surface area contributed by atoms with Crippen molar-refractivity contribution in [3.05, 3.63) is 93.8 Å². The number of non-ortho nitro benzene ring substituents is 1. The fraction of sp³-hybridized carbons (Fsp3) is 0.0769. The minimum absolute atomic E-state index is 0.00639. The summed E-state index contributed by atoms with van der Waals surface area (Å²) in [5, 5.41) is 15.5. The Balaban J connectivity index is 1.53. The van der Waals surface area contributed by atoms with Gasteiger partial charge in [-0.05, 0) is 42.0 Å². The van der Waals surface area contributed by atoms with Crippen LogP contribution in [0.25, 0.3) is 6.08 Å². The van der Waals surface area contributed by atoms with Crippen LogP contribution in [-0.2, 0) is 14.4 Å². The second-order valence-corrected chi connectivity index (χ2v) is 7.96. The van der Waals surface area contributed by atoms with Gasteiger partial charge in [0.15, 0.2) is 18.1 Å². The molecule has 0 saturated carbocycles. The second kappa shape index (κ2) is 11.2. The number of methoxy groups -OCH3 is 1. The number of hydrogen-bond acceptors (Lipinski definition) is 8. The second-order valence-electron chi connectivity index (χ2n) is 7.96. The first-order valence-corrected chi connectivity index (χ1v) is 11.2. The monoisotopic (exact) mass is 534 g/mol. The van der Waals surface area contributed by atoms with Crippen LogP contribution in [0.2, 0.25) is 0 Å². The molecular weight excluding hydrogens is 515 g/mol. The van der Waals surface area contributed by atoms with Gasteiger partial charge in [0.1, 0.15) is 11.4 Å². The standard InChI is InChI=1S/C26H19FN4O8/c1-38-22-12-15(9-10-21(22)39-14-23(32)28-20-8-3-2-7-19(20)27)11-18-24(33)29-26(35)30(25(18)34)16-5-4-6-17(13-16)31(36)37/h2-13H,14H2,1H3,(H,28,32)(H,29,33,35)/b18-11-. The molecule has 4 rings (SSSR count). The minimum atomic E-state index is -1.06. The lowest BCUT2D eigenvalue weighted by Crippen LogP contribution is -2.54. The van der Waals surface area contributed by atoms with Crippen molar-refractivity contribution in [2.24, 2.45) is 0 Å². The minimum Gasteiger partial charge on any atom is -0.493 e. The van der Waals surface area contributed by atoms with E-state index in [0.29, 0.717) is 10.5 Å². The molecule has 1 heterocycles. The Labute approximate surface area is 219 Å². The zero-order valence-corrected chi connectivity index (χ0v) is 20.2. The van der Waals surface area contributed by atoms with Crippen molar-refractivity contribution >= 4 is 46.9 Å². The van der Waals surface area contributed by atoms with Crippen molar-refractivity contribution in [1.82, 2.24) is 5.32 Å². The van der Waals surface area contributed by atoms with Gasteiger partial charge in [-0.25, -0.2) is 14.1 Å². The first kappa shape index (κ1) is 26.5. The summed E-state index contributed by atoms with van der Waals surface area (Å²) in [5.74, 6) is -2.88. The number of para-hydroxylation sites is 1. The number of nitro groups is 1. The highest BCUT2D eigenvalue weighted by Gasteiger charge is 2.37. The predicted molar refractivity (Wildman–Crippen MR) is 136 cm³/mol. The molecule has 0 unspecified atom stereocenters. The van der Waals surface area contributed by atoms with Gasteiger partial charge in [-0.2, -0.15) is 0 Å². The van der Waals surface area contributed by atoms with Gasteiger partial charge in [-0.15, -0.1) is 0 Å². The van der Waals surface area contributed by atoms with Crippen molar-refractivity contribution < 1.29 is 38.0 Å². The quantitative estimate of drug-likeness (QED) is 0.193. The third kappa shape index (κ3) is 5.88. The maximum atomic E-state index is 13.7. The van der Waals surface area contributed by atoms with Gasteiger partial charge in [-0.1, -0.05) is 24.3 Å². The molecule has 2 N–H and O–H groups in total. The SMILES string of the molecule is COc1cc(/C=C2/C(=O)NC(=O)N(c3cccc([N+](=O)[O-])c3)C2=O)ccc1OCC(=O)Nc1ccccc1F. The first-order chi connectivity index (χ1) is 18.7. The highest BCUT2D eigenvalue weighted by Crippen LogP contribution is 2.30. The fourth-order valence-corrected chi connectivity index (χ4v) is 3.59. The van der Waals surface area contributed by atoms with Crippen LogP contribution in [0.1, 0.15) is 5.56 Å². The van der Waals surface area contributed by atoms with Gasteiger partial charge in [0, 0.05) is 12.1 Å². The summed E-state index contributed by atoms with van der Waals surface area (Å²) in [5.41, 5.74) is -0.561. The number of anilines is 2. The molecule has 5 amide bonds. The highest BCUT2D eigenvalue weighted by molar-refractivity contribution is 6.39. The van der Waals surface area contributed by atoms with Gasteiger partial charge in [0.05, 0.1) is 23.4 Å². The number of nitrogens with one attached hydrogen (secondary N) is 2. The third-order valence-corrected chi connectivity index (χ3v) is 5.41. The summed E-state index contributed by atoms with van der Waals surface area (Å²) in [7, 11) is 1.33. The van der Waals surface area contributed by atoms with Gasteiger partial charge in [0.2, 0.25) is 0 Å². The van der Waals surface area contributed by atoms with Crippen molar-refractivity contribution in [1.29, 1.82) is 0 Å². The summed E-state index contributed by atoms with van der Waals surface area (Å²) in [4.78, 5) is 61.1. The number of imide groups is 2. The number of ether oxygens (including phenoxy) is 2. The topological polar surface area (TPSA) is 157 Å². The zero-order valence-electron chi connectivity index (χ0n) is 20.2. The van der Waals surface area contributed by atoms with Crippen LogP contribution < -0.4 is 25.0 Å². The van der Waals surface area contributed by atoms with E-state index in [1.165, 1.54) is 67.8 Å². The van der Waals surface area contributed by atoms with E-state index in [4.69, 9.17) is 9.47 Å². The Bertz CT molecular complexity index is 1540. The predicted octanol–water partition coefficient (Wildman–Crippen LogP) is 3.43. The number of nitrogens with zero attached hydrogens (tertiary/aromatic N) is 2. The van der Waals surface area contributed by atoms with Crippen molar-refractivity contribution in [3.63, 3.8) is 0 Å². The van der Waals surface area contributed by atoms with Crippen LogP contribution in [0.5, 0.6) is 11.5 Å². The van der Waals surface area contributed by atoms with Gasteiger partial charge in [-0.3, -0.25) is 29.8 Å². The molecule has 13 heteroatoms. The molecule has 3 aromatic carbocycles. The molecule has 3 aromatic rings. The van der Waals surface area contributed by atoms with Crippen LogP contribution in [0.3, 0.4) is 0 Å². The van der Waals surface area contributed by atoms with E-state index >= 15 is 0 Å². The van der Waals surface area contributed by atoms with Gasteiger partial charge < -0.3 is 14.8 Å². The molecule has 0 spiro atoms. The molecule has 1 saturated heterocycles.